The van der Waals surface area contributed by atoms with E-state index in [0.717, 1.165) is 0 Å². The fourth-order valence-electron chi connectivity index (χ4n) is 3.74. The molecule has 0 aromatic heterocycles. The van der Waals surface area contributed by atoms with Gasteiger partial charge in [0.05, 0.1) is 0 Å². The molecule has 1 heterocycles. The van der Waals surface area contributed by atoms with Gasteiger partial charge in [-0.2, -0.15) is 0 Å². The molecule has 0 saturated carbocycles. The summed E-state index contributed by atoms with van der Waals surface area (Å²) in [5.74, 6) is -0.686. The summed E-state index contributed by atoms with van der Waals surface area (Å²) in [6.45, 7) is 8.34. The van der Waals surface area contributed by atoms with Crippen molar-refractivity contribution in [3.8, 4) is 0 Å². The lowest BCUT2D eigenvalue weighted by atomic mass is 9.81. The number of hydrogen-bond acceptors (Lipinski definition) is 3. The van der Waals surface area contributed by atoms with E-state index in [1.807, 2.05) is 13.8 Å². The highest BCUT2D eigenvalue weighted by Gasteiger charge is 2.40. The number of aliphatic hydroxyl groups is 1. The van der Waals surface area contributed by atoms with Crippen LogP contribution in [-0.4, -0.2) is 41.0 Å². The fraction of sp³-hybridized carbons (Fsp3) is 0.333. The smallest absolute Gasteiger partial charge is 0.251 e. The van der Waals surface area contributed by atoms with E-state index in [2.05, 4.69) is 11.9 Å². The SMILES string of the molecule is C=C1CN(C(=O)[C@H](NC(=O)c2cccc(Cl)c2)C(C)C)CC[C@]1(O)c1ccc(Cl)cc1. The molecule has 164 valence electrons. The molecule has 2 atom stereocenters. The van der Waals surface area contributed by atoms with Gasteiger partial charge in [0.1, 0.15) is 11.6 Å². The molecule has 1 fully saturated rings. The van der Waals surface area contributed by atoms with Crippen molar-refractivity contribution >= 4 is 35.0 Å². The number of halogens is 2. The van der Waals surface area contributed by atoms with Gasteiger partial charge in [-0.1, -0.05) is 61.8 Å². The first-order chi connectivity index (χ1) is 14.6. The van der Waals surface area contributed by atoms with Gasteiger partial charge >= 0.3 is 0 Å². The lowest BCUT2D eigenvalue weighted by Crippen LogP contribution is -2.55. The molecule has 0 aliphatic carbocycles. The molecule has 2 aromatic rings. The molecule has 0 radical (unpaired) electrons. The number of nitrogens with one attached hydrogen (secondary N) is 1. The predicted molar refractivity (Wildman–Crippen MR) is 123 cm³/mol. The number of benzene rings is 2. The molecule has 2 amide bonds. The summed E-state index contributed by atoms with van der Waals surface area (Å²) in [6, 6.07) is 12.9. The topological polar surface area (TPSA) is 69.6 Å². The number of hydrogen-bond donors (Lipinski definition) is 2. The van der Waals surface area contributed by atoms with Gasteiger partial charge in [-0.25, -0.2) is 0 Å². The molecule has 2 N–H and O–H groups in total. The van der Waals surface area contributed by atoms with Gasteiger partial charge in [0.2, 0.25) is 5.91 Å². The monoisotopic (exact) mass is 460 g/mol. The predicted octanol–water partition coefficient (Wildman–Crippen LogP) is 4.42. The molecule has 2 aromatic carbocycles. The third kappa shape index (κ3) is 5.12. The zero-order valence-electron chi connectivity index (χ0n) is 17.6. The Morgan fingerprint density at radius 2 is 1.81 bits per heavy atom. The van der Waals surface area contributed by atoms with E-state index in [1.165, 1.54) is 0 Å². The van der Waals surface area contributed by atoms with Crippen LogP contribution in [0.4, 0.5) is 0 Å². The normalized spacial score (nSPS) is 19.9. The maximum Gasteiger partial charge on any atom is 0.251 e. The molecule has 0 unspecified atom stereocenters. The first kappa shape index (κ1) is 23.3. The van der Waals surface area contributed by atoms with Crippen molar-refractivity contribution in [2.24, 2.45) is 5.92 Å². The maximum absolute atomic E-state index is 13.3. The van der Waals surface area contributed by atoms with Gasteiger partial charge in [-0.15, -0.1) is 0 Å². The Balaban J connectivity index is 1.72. The molecular weight excluding hydrogens is 435 g/mol. The van der Waals surface area contributed by atoms with E-state index in [4.69, 9.17) is 23.2 Å². The van der Waals surface area contributed by atoms with Gasteiger partial charge < -0.3 is 15.3 Å². The summed E-state index contributed by atoms with van der Waals surface area (Å²) in [5.41, 5.74) is 0.395. The van der Waals surface area contributed by atoms with E-state index in [0.29, 0.717) is 39.7 Å². The second-order valence-electron chi connectivity index (χ2n) is 8.19. The number of piperidine rings is 1. The van der Waals surface area contributed by atoms with Gasteiger partial charge in [0.25, 0.3) is 5.91 Å². The second-order valence-corrected chi connectivity index (χ2v) is 9.06. The van der Waals surface area contributed by atoms with Gasteiger partial charge in [-0.3, -0.25) is 9.59 Å². The van der Waals surface area contributed by atoms with Crippen molar-refractivity contribution < 1.29 is 14.7 Å². The Bertz CT molecular complexity index is 991. The molecule has 3 rings (SSSR count). The highest BCUT2D eigenvalue weighted by Crippen LogP contribution is 2.37. The van der Waals surface area contributed by atoms with Crippen LogP contribution in [0.25, 0.3) is 0 Å². The molecule has 0 spiro atoms. The van der Waals surface area contributed by atoms with Crippen LogP contribution in [0.15, 0.2) is 60.7 Å². The fourth-order valence-corrected chi connectivity index (χ4v) is 4.06. The zero-order chi connectivity index (χ0) is 22.8. The van der Waals surface area contributed by atoms with Crippen LogP contribution in [0.1, 0.15) is 36.2 Å². The minimum Gasteiger partial charge on any atom is -0.381 e. The van der Waals surface area contributed by atoms with Crippen molar-refractivity contribution in [2.75, 3.05) is 13.1 Å². The number of rotatable bonds is 5. The minimum atomic E-state index is -1.22. The van der Waals surface area contributed by atoms with Crippen molar-refractivity contribution in [1.29, 1.82) is 0 Å². The summed E-state index contributed by atoms with van der Waals surface area (Å²) in [5, 5.41) is 15.1. The maximum atomic E-state index is 13.3. The van der Waals surface area contributed by atoms with Crippen LogP contribution in [0.2, 0.25) is 10.0 Å². The average Bonchev–Trinajstić information content (AvgIpc) is 2.73. The molecule has 0 bridgehead atoms. The van der Waals surface area contributed by atoms with E-state index in [1.54, 1.807) is 53.4 Å². The molecule has 31 heavy (non-hydrogen) atoms. The molecule has 1 saturated heterocycles. The number of carbonyl (C=O) groups excluding carboxylic acids is 2. The highest BCUT2D eigenvalue weighted by molar-refractivity contribution is 6.31. The largest absolute Gasteiger partial charge is 0.381 e. The zero-order valence-corrected chi connectivity index (χ0v) is 19.1. The minimum absolute atomic E-state index is 0.124. The Hall–Kier alpha value is -2.34. The van der Waals surface area contributed by atoms with Crippen LogP contribution in [0.3, 0.4) is 0 Å². The second kappa shape index (κ2) is 9.43. The third-order valence-electron chi connectivity index (χ3n) is 5.65. The Morgan fingerprint density at radius 1 is 1.13 bits per heavy atom. The first-order valence-electron chi connectivity index (χ1n) is 10.1. The van der Waals surface area contributed by atoms with Crippen molar-refractivity contribution in [1.82, 2.24) is 10.2 Å². The van der Waals surface area contributed by atoms with Gasteiger partial charge in [-0.05, 0) is 47.4 Å². The Morgan fingerprint density at radius 3 is 2.39 bits per heavy atom. The van der Waals surface area contributed by atoms with E-state index < -0.39 is 11.6 Å². The van der Waals surface area contributed by atoms with Crippen molar-refractivity contribution in [2.45, 2.75) is 31.9 Å². The van der Waals surface area contributed by atoms with Crippen LogP contribution in [0, 0.1) is 5.92 Å². The summed E-state index contributed by atoms with van der Waals surface area (Å²) in [6.07, 6.45) is 0.312. The number of amides is 2. The molecular formula is C24H26Cl2N2O3. The molecule has 7 heteroatoms. The van der Waals surface area contributed by atoms with Crippen LogP contribution in [-0.2, 0) is 10.4 Å². The lowest BCUT2D eigenvalue weighted by molar-refractivity contribution is -0.136. The summed E-state index contributed by atoms with van der Waals surface area (Å²) in [7, 11) is 0. The van der Waals surface area contributed by atoms with Crippen LogP contribution in [0.5, 0.6) is 0 Å². The third-order valence-corrected chi connectivity index (χ3v) is 6.14. The quantitative estimate of drug-likeness (QED) is 0.648. The molecule has 5 nitrogen and oxygen atoms in total. The van der Waals surface area contributed by atoms with E-state index in [-0.39, 0.29) is 24.3 Å². The number of carbonyl (C=O) groups is 2. The van der Waals surface area contributed by atoms with E-state index >= 15 is 0 Å². The van der Waals surface area contributed by atoms with Crippen molar-refractivity contribution in [3.05, 3.63) is 81.9 Å². The number of nitrogens with zero attached hydrogens (tertiary/aromatic N) is 1. The summed E-state index contributed by atoms with van der Waals surface area (Å²) < 4.78 is 0. The van der Waals surface area contributed by atoms with E-state index in [9.17, 15) is 14.7 Å². The number of likely N-dealkylation sites (tertiary alicyclic amines) is 1. The molecule has 1 aliphatic heterocycles. The van der Waals surface area contributed by atoms with Crippen molar-refractivity contribution in [3.63, 3.8) is 0 Å². The van der Waals surface area contributed by atoms with Gasteiger partial charge in [0.15, 0.2) is 0 Å². The Labute approximate surface area is 192 Å². The summed E-state index contributed by atoms with van der Waals surface area (Å²) in [4.78, 5) is 27.6. The molecule has 1 aliphatic rings. The highest BCUT2D eigenvalue weighted by atomic mass is 35.5. The van der Waals surface area contributed by atoms with Crippen LogP contribution < -0.4 is 5.32 Å². The van der Waals surface area contributed by atoms with Crippen LogP contribution >= 0.6 is 23.2 Å². The van der Waals surface area contributed by atoms with Gasteiger partial charge in [0, 0.05) is 35.1 Å². The first-order valence-corrected chi connectivity index (χ1v) is 10.9. The Kier molecular flexibility index (Phi) is 7.10. The lowest BCUT2D eigenvalue weighted by Gasteiger charge is -2.42. The average molecular weight is 461 g/mol. The standard InChI is InChI=1S/C24H26Cl2N2O3/c1-15(2)21(27-22(29)17-5-4-6-20(26)13-17)23(30)28-12-11-24(31,16(3)14-28)18-7-9-19(25)10-8-18/h4-10,13,15,21,31H,3,11-12,14H2,1-2H3,(H,27,29)/t21-,24-/m1/s1. The summed E-state index contributed by atoms with van der Waals surface area (Å²) >= 11 is 11.9.